The van der Waals surface area contributed by atoms with Crippen molar-refractivity contribution >= 4 is 0 Å². The van der Waals surface area contributed by atoms with Crippen LogP contribution in [0.2, 0.25) is 0 Å². The summed E-state index contributed by atoms with van der Waals surface area (Å²) in [6.07, 6.45) is 6.68. The van der Waals surface area contributed by atoms with E-state index >= 15 is 0 Å². The summed E-state index contributed by atoms with van der Waals surface area (Å²) in [6.45, 7) is 0.0287. The second kappa shape index (κ2) is 8.52. The number of alkyl halides is 1. The van der Waals surface area contributed by atoms with Crippen LogP contribution in [0.25, 0.3) is 22.4 Å². The molecule has 6 nitrogen and oxygen atoms in total. The van der Waals surface area contributed by atoms with Crippen molar-refractivity contribution < 1.29 is 14.2 Å². The van der Waals surface area contributed by atoms with Gasteiger partial charge in [0, 0.05) is 29.7 Å². The lowest BCUT2D eigenvalue weighted by atomic mass is 10.0. The van der Waals surface area contributed by atoms with E-state index in [2.05, 4.69) is 15.1 Å². The second-order valence-corrected chi connectivity index (χ2v) is 6.40. The molecule has 3 heterocycles. The summed E-state index contributed by atoms with van der Waals surface area (Å²) in [4.78, 5) is 8.16. The van der Waals surface area contributed by atoms with Crippen molar-refractivity contribution in [3.05, 3.63) is 79.0 Å². The van der Waals surface area contributed by atoms with Gasteiger partial charge in [0.15, 0.2) is 0 Å². The Morgan fingerprint density at radius 2 is 1.76 bits per heavy atom. The first-order chi connectivity index (χ1) is 14.2. The SMILES string of the molecule is Oc1ccc(COc2ccc(-c3nn(CCF)cc3-c3ccncc3)cc2)nc1. The molecule has 0 aliphatic carbocycles. The lowest BCUT2D eigenvalue weighted by Crippen LogP contribution is -1.99. The molecule has 1 N–H and O–H groups in total. The zero-order valence-electron chi connectivity index (χ0n) is 15.6. The van der Waals surface area contributed by atoms with Crippen LogP contribution < -0.4 is 4.74 Å². The molecular weight excluding hydrogens is 371 g/mol. The van der Waals surface area contributed by atoms with Gasteiger partial charge in [-0.3, -0.25) is 14.6 Å². The van der Waals surface area contributed by atoms with E-state index in [0.29, 0.717) is 12.4 Å². The molecule has 0 amide bonds. The number of aromatic nitrogens is 4. The fraction of sp³-hybridized carbons (Fsp3) is 0.136. The van der Waals surface area contributed by atoms with Gasteiger partial charge in [0.2, 0.25) is 0 Å². The Morgan fingerprint density at radius 1 is 0.966 bits per heavy atom. The molecule has 0 unspecified atom stereocenters. The number of ether oxygens (including phenoxy) is 1. The molecule has 29 heavy (non-hydrogen) atoms. The molecule has 0 aliphatic rings. The molecule has 0 atom stereocenters. The van der Waals surface area contributed by atoms with Crippen molar-refractivity contribution in [2.75, 3.05) is 6.67 Å². The molecule has 4 aromatic rings. The predicted octanol–water partition coefficient (Wildman–Crippen LogP) is 4.26. The first kappa shape index (κ1) is 18.6. The highest BCUT2D eigenvalue weighted by Crippen LogP contribution is 2.31. The molecule has 1 aromatic carbocycles. The minimum atomic E-state index is -0.477. The number of nitrogens with zero attached hydrogens (tertiary/aromatic N) is 4. The van der Waals surface area contributed by atoms with Crippen LogP contribution in [0.1, 0.15) is 5.69 Å². The van der Waals surface area contributed by atoms with E-state index in [-0.39, 0.29) is 12.3 Å². The Labute approximate surface area is 167 Å². The topological polar surface area (TPSA) is 73.1 Å². The average molecular weight is 390 g/mol. The van der Waals surface area contributed by atoms with E-state index in [1.54, 1.807) is 29.2 Å². The lowest BCUT2D eigenvalue weighted by Gasteiger charge is -2.07. The summed E-state index contributed by atoms with van der Waals surface area (Å²) in [5, 5.41) is 13.8. The van der Waals surface area contributed by atoms with Crippen LogP contribution in [0.4, 0.5) is 4.39 Å². The standard InChI is InChI=1S/C22H19FN4O2/c23-9-12-27-14-21(16-7-10-24-11-8-16)22(26-27)17-1-5-20(6-2-17)29-15-18-3-4-19(28)13-25-18/h1-8,10-11,13-14,28H,9,12,15H2. The van der Waals surface area contributed by atoms with Crippen LogP contribution in [0.3, 0.4) is 0 Å². The van der Waals surface area contributed by atoms with Crippen LogP contribution in [0.15, 0.2) is 73.3 Å². The molecule has 0 radical (unpaired) electrons. The first-order valence-electron chi connectivity index (χ1n) is 9.14. The van der Waals surface area contributed by atoms with E-state index in [9.17, 15) is 9.50 Å². The highest BCUT2D eigenvalue weighted by atomic mass is 19.1. The quantitative estimate of drug-likeness (QED) is 0.510. The van der Waals surface area contributed by atoms with Crippen molar-refractivity contribution in [1.29, 1.82) is 0 Å². The summed E-state index contributed by atoms with van der Waals surface area (Å²) in [7, 11) is 0. The third-order valence-corrected chi connectivity index (χ3v) is 4.39. The van der Waals surface area contributed by atoms with E-state index in [0.717, 1.165) is 28.1 Å². The van der Waals surface area contributed by atoms with Gasteiger partial charge in [-0.05, 0) is 54.1 Å². The minimum Gasteiger partial charge on any atom is -0.506 e. The number of hydrogen-bond acceptors (Lipinski definition) is 5. The Kier molecular flexibility index (Phi) is 5.47. The van der Waals surface area contributed by atoms with Gasteiger partial charge in [-0.2, -0.15) is 5.10 Å². The number of aromatic hydroxyl groups is 1. The maximum atomic E-state index is 12.8. The van der Waals surface area contributed by atoms with Gasteiger partial charge in [-0.25, -0.2) is 4.39 Å². The van der Waals surface area contributed by atoms with Gasteiger partial charge in [0.25, 0.3) is 0 Å². The normalized spacial score (nSPS) is 10.8. The maximum absolute atomic E-state index is 12.8. The summed E-state index contributed by atoms with van der Waals surface area (Å²) in [5.74, 6) is 0.813. The number of aryl methyl sites for hydroxylation is 1. The molecule has 0 saturated carbocycles. The molecule has 0 saturated heterocycles. The Balaban J connectivity index is 1.56. The van der Waals surface area contributed by atoms with Gasteiger partial charge >= 0.3 is 0 Å². The fourth-order valence-electron chi connectivity index (χ4n) is 2.95. The van der Waals surface area contributed by atoms with Crippen molar-refractivity contribution in [3.63, 3.8) is 0 Å². The average Bonchev–Trinajstić information content (AvgIpc) is 3.19. The molecule has 7 heteroatoms. The highest BCUT2D eigenvalue weighted by Gasteiger charge is 2.13. The number of rotatable bonds is 7. The third kappa shape index (κ3) is 4.40. The molecule has 0 spiro atoms. The smallest absolute Gasteiger partial charge is 0.133 e. The summed E-state index contributed by atoms with van der Waals surface area (Å²) < 4.78 is 20.2. The van der Waals surface area contributed by atoms with Crippen LogP contribution in [-0.4, -0.2) is 31.5 Å². The van der Waals surface area contributed by atoms with Gasteiger partial charge in [-0.15, -0.1) is 0 Å². The zero-order valence-corrected chi connectivity index (χ0v) is 15.6. The molecule has 4 rings (SSSR count). The van der Waals surface area contributed by atoms with Gasteiger partial charge in [0.1, 0.15) is 30.5 Å². The summed E-state index contributed by atoms with van der Waals surface area (Å²) in [6, 6.07) is 14.7. The first-order valence-corrected chi connectivity index (χ1v) is 9.14. The maximum Gasteiger partial charge on any atom is 0.133 e. The van der Waals surface area contributed by atoms with Crippen LogP contribution in [0, 0.1) is 0 Å². The molecule has 0 fully saturated rings. The Bertz CT molecular complexity index is 1060. The van der Waals surface area contributed by atoms with Crippen LogP contribution >= 0.6 is 0 Å². The van der Waals surface area contributed by atoms with E-state index in [1.165, 1.54) is 6.20 Å². The third-order valence-electron chi connectivity index (χ3n) is 4.39. The number of pyridine rings is 2. The number of benzene rings is 1. The second-order valence-electron chi connectivity index (χ2n) is 6.40. The van der Waals surface area contributed by atoms with Crippen molar-refractivity contribution in [2.45, 2.75) is 13.2 Å². The summed E-state index contributed by atoms with van der Waals surface area (Å²) >= 11 is 0. The predicted molar refractivity (Wildman–Crippen MR) is 107 cm³/mol. The van der Waals surface area contributed by atoms with E-state index in [4.69, 9.17) is 4.74 Å². The minimum absolute atomic E-state index is 0.121. The van der Waals surface area contributed by atoms with E-state index in [1.807, 2.05) is 42.6 Å². The molecule has 3 aromatic heterocycles. The molecular formula is C22H19FN4O2. The number of halogens is 1. The van der Waals surface area contributed by atoms with Gasteiger partial charge in [0.05, 0.1) is 18.4 Å². The Morgan fingerprint density at radius 3 is 2.45 bits per heavy atom. The van der Waals surface area contributed by atoms with Crippen LogP contribution in [-0.2, 0) is 13.2 Å². The van der Waals surface area contributed by atoms with Gasteiger partial charge in [-0.1, -0.05) is 0 Å². The fourth-order valence-corrected chi connectivity index (χ4v) is 2.95. The largest absolute Gasteiger partial charge is 0.506 e. The summed E-state index contributed by atoms with van der Waals surface area (Å²) in [5.41, 5.74) is 4.29. The monoisotopic (exact) mass is 390 g/mol. The zero-order chi connectivity index (χ0) is 20.1. The lowest BCUT2D eigenvalue weighted by molar-refractivity contribution is 0.301. The van der Waals surface area contributed by atoms with Crippen molar-refractivity contribution in [1.82, 2.24) is 19.7 Å². The molecule has 0 bridgehead atoms. The highest BCUT2D eigenvalue weighted by molar-refractivity contribution is 5.80. The molecule has 146 valence electrons. The van der Waals surface area contributed by atoms with Gasteiger partial charge < -0.3 is 9.84 Å². The van der Waals surface area contributed by atoms with E-state index < -0.39 is 6.67 Å². The molecule has 0 aliphatic heterocycles. The van der Waals surface area contributed by atoms with Crippen molar-refractivity contribution in [3.8, 4) is 33.9 Å². The number of hydrogen-bond donors (Lipinski definition) is 1. The Hall–Kier alpha value is -3.74. The van der Waals surface area contributed by atoms with Crippen LogP contribution in [0.5, 0.6) is 11.5 Å². The van der Waals surface area contributed by atoms with Crippen molar-refractivity contribution in [2.24, 2.45) is 0 Å².